The monoisotopic (exact) mass is 315 g/mol. The van der Waals surface area contributed by atoms with Gasteiger partial charge in [0, 0.05) is 26.5 Å². The van der Waals surface area contributed by atoms with E-state index in [0.29, 0.717) is 18.2 Å². The molecule has 2 aromatic heterocycles. The third-order valence-electron chi connectivity index (χ3n) is 3.40. The van der Waals surface area contributed by atoms with Crippen LogP contribution in [0.25, 0.3) is 22.4 Å². The highest BCUT2D eigenvalue weighted by molar-refractivity contribution is 6.55. The smallest absolute Gasteiger partial charge is 0.181 e. The summed E-state index contributed by atoms with van der Waals surface area (Å²) >= 11 is 0. The molecule has 0 aliphatic rings. The van der Waals surface area contributed by atoms with Gasteiger partial charge in [-0.15, -0.1) is 0 Å². The lowest BCUT2D eigenvalue weighted by molar-refractivity contribution is 0.0821. The SMILES string of the molecule is C[Si](C)CCOCn1nc(-c2cnco2)c2cc(N)ccc21. The molecule has 7 heteroatoms. The lowest BCUT2D eigenvalue weighted by Gasteiger charge is -2.06. The van der Waals surface area contributed by atoms with Crippen molar-refractivity contribution >= 4 is 25.4 Å². The fraction of sp³-hybridized carbons (Fsp3) is 0.333. The van der Waals surface area contributed by atoms with Gasteiger partial charge in [0.1, 0.15) is 12.4 Å². The van der Waals surface area contributed by atoms with Crippen molar-refractivity contribution in [2.24, 2.45) is 0 Å². The summed E-state index contributed by atoms with van der Waals surface area (Å²) in [5.74, 6) is 0.627. The van der Waals surface area contributed by atoms with Gasteiger partial charge in [-0.2, -0.15) is 5.10 Å². The summed E-state index contributed by atoms with van der Waals surface area (Å²) in [4.78, 5) is 3.96. The standard InChI is InChI=1S/C15H19N4O2Si/c1-22(2)6-5-20-10-19-13-4-3-11(16)7-12(13)15(18-19)14-8-17-9-21-14/h3-4,7-9H,5-6,10,16H2,1-2H3. The summed E-state index contributed by atoms with van der Waals surface area (Å²) in [6.07, 6.45) is 3.05. The second-order valence-corrected chi connectivity index (χ2v) is 8.40. The number of hydrogen-bond donors (Lipinski definition) is 1. The molecule has 0 unspecified atom stereocenters. The average molecular weight is 315 g/mol. The average Bonchev–Trinajstić information content (AvgIpc) is 3.10. The largest absolute Gasteiger partial charge is 0.442 e. The number of aromatic nitrogens is 3. The molecule has 0 saturated heterocycles. The van der Waals surface area contributed by atoms with Gasteiger partial charge in [0.25, 0.3) is 0 Å². The quantitative estimate of drug-likeness (QED) is 0.430. The Morgan fingerprint density at radius 3 is 2.95 bits per heavy atom. The van der Waals surface area contributed by atoms with Crippen molar-refractivity contribution in [3.05, 3.63) is 30.8 Å². The molecule has 3 rings (SSSR count). The van der Waals surface area contributed by atoms with Gasteiger partial charge in [-0.05, 0) is 24.2 Å². The van der Waals surface area contributed by atoms with E-state index >= 15 is 0 Å². The molecule has 22 heavy (non-hydrogen) atoms. The summed E-state index contributed by atoms with van der Waals surface area (Å²) in [6, 6.07) is 6.85. The summed E-state index contributed by atoms with van der Waals surface area (Å²) in [7, 11) is -0.260. The second kappa shape index (κ2) is 6.33. The Labute approximate surface area is 130 Å². The molecule has 1 aromatic carbocycles. The summed E-state index contributed by atoms with van der Waals surface area (Å²) in [5, 5.41) is 5.54. The maximum atomic E-state index is 5.90. The Morgan fingerprint density at radius 2 is 2.23 bits per heavy atom. The summed E-state index contributed by atoms with van der Waals surface area (Å²) in [5.41, 5.74) is 8.30. The Bertz CT molecular complexity index is 752. The molecule has 0 atom stereocenters. The van der Waals surface area contributed by atoms with Gasteiger partial charge in [0.2, 0.25) is 0 Å². The molecule has 0 spiro atoms. The van der Waals surface area contributed by atoms with Crippen molar-refractivity contribution < 1.29 is 9.15 Å². The predicted octanol–water partition coefficient (Wildman–Crippen LogP) is 3.00. The molecular formula is C15H19N4O2Si. The van der Waals surface area contributed by atoms with Crippen molar-refractivity contribution in [3.63, 3.8) is 0 Å². The van der Waals surface area contributed by atoms with Gasteiger partial charge in [0.15, 0.2) is 12.2 Å². The maximum absolute atomic E-state index is 5.90. The Morgan fingerprint density at radius 1 is 1.36 bits per heavy atom. The van der Waals surface area contributed by atoms with E-state index in [1.165, 1.54) is 6.39 Å². The highest BCUT2D eigenvalue weighted by Gasteiger charge is 2.15. The molecule has 0 saturated carbocycles. The van der Waals surface area contributed by atoms with Gasteiger partial charge >= 0.3 is 0 Å². The minimum atomic E-state index is -0.260. The molecule has 6 nitrogen and oxygen atoms in total. The Balaban J connectivity index is 1.90. The van der Waals surface area contributed by atoms with Crippen LogP contribution in [0.2, 0.25) is 19.1 Å². The van der Waals surface area contributed by atoms with E-state index in [0.717, 1.165) is 29.2 Å². The van der Waals surface area contributed by atoms with Crippen molar-refractivity contribution in [1.82, 2.24) is 14.8 Å². The zero-order valence-corrected chi connectivity index (χ0v) is 13.7. The first kappa shape index (κ1) is 14.8. The molecule has 0 aliphatic heterocycles. The number of rotatable bonds is 6. The number of nitrogen functional groups attached to an aromatic ring is 1. The topological polar surface area (TPSA) is 79.1 Å². The molecule has 115 valence electrons. The number of hydrogen-bond acceptors (Lipinski definition) is 5. The van der Waals surface area contributed by atoms with Crippen LogP contribution in [0.3, 0.4) is 0 Å². The first-order valence-corrected chi connectivity index (χ1v) is 9.87. The zero-order chi connectivity index (χ0) is 15.5. The van der Waals surface area contributed by atoms with Crippen molar-refractivity contribution in [3.8, 4) is 11.5 Å². The molecule has 2 heterocycles. The van der Waals surface area contributed by atoms with Gasteiger partial charge in [0.05, 0.1) is 11.7 Å². The predicted molar refractivity (Wildman–Crippen MR) is 87.9 cm³/mol. The number of benzene rings is 1. The van der Waals surface area contributed by atoms with Crippen LogP contribution >= 0.6 is 0 Å². The zero-order valence-electron chi connectivity index (χ0n) is 12.7. The fourth-order valence-corrected chi connectivity index (χ4v) is 2.79. The van der Waals surface area contributed by atoms with Crippen LogP contribution in [-0.4, -0.2) is 30.2 Å². The van der Waals surface area contributed by atoms with Gasteiger partial charge in [-0.25, -0.2) is 9.67 Å². The van der Waals surface area contributed by atoms with Crippen molar-refractivity contribution in [1.29, 1.82) is 0 Å². The number of fused-ring (bicyclic) bond motifs is 1. The number of nitrogens with two attached hydrogens (primary N) is 1. The van der Waals surface area contributed by atoms with Crippen LogP contribution in [0.15, 0.2) is 35.2 Å². The Kier molecular flexibility index (Phi) is 4.26. The normalized spacial score (nSPS) is 11.6. The van der Waals surface area contributed by atoms with Crippen LogP contribution in [0.1, 0.15) is 0 Å². The van der Waals surface area contributed by atoms with Crippen LogP contribution in [0.4, 0.5) is 5.69 Å². The lowest BCUT2D eigenvalue weighted by atomic mass is 10.1. The molecule has 2 N–H and O–H groups in total. The molecule has 0 aliphatic carbocycles. The van der Waals surface area contributed by atoms with E-state index in [-0.39, 0.29) is 8.80 Å². The number of nitrogens with zero attached hydrogens (tertiary/aromatic N) is 3. The summed E-state index contributed by atoms with van der Waals surface area (Å²) in [6.45, 7) is 5.74. The fourth-order valence-electron chi connectivity index (χ4n) is 2.24. The van der Waals surface area contributed by atoms with E-state index in [4.69, 9.17) is 14.9 Å². The van der Waals surface area contributed by atoms with Crippen LogP contribution < -0.4 is 5.73 Å². The minimum Gasteiger partial charge on any atom is -0.442 e. The Hall–Kier alpha value is -2.12. The molecule has 1 radical (unpaired) electrons. The van der Waals surface area contributed by atoms with E-state index in [1.54, 1.807) is 6.20 Å². The van der Waals surface area contributed by atoms with Gasteiger partial charge in [-0.1, -0.05) is 13.1 Å². The van der Waals surface area contributed by atoms with E-state index in [9.17, 15) is 0 Å². The first-order chi connectivity index (χ1) is 10.6. The van der Waals surface area contributed by atoms with Crippen LogP contribution in [0.5, 0.6) is 0 Å². The molecule has 0 fully saturated rings. The number of anilines is 1. The third kappa shape index (κ3) is 3.05. The van der Waals surface area contributed by atoms with Gasteiger partial charge in [-0.3, -0.25) is 0 Å². The van der Waals surface area contributed by atoms with E-state index in [1.807, 2.05) is 22.9 Å². The van der Waals surface area contributed by atoms with Gasteiger partial charge < -0.3 is 14.9 Å². The number of oxazole rings is 1. The van der Waals surface area contributed by atoms with Crippen molar-refractivity contribution in [2.45, 2.75) is 25.9 Å². The first-order valence-electron chi connectivity index (χ1n) is 7.17. The maximum Gasteiger partial charge on any atom is 0.181 e. The highest BCUT2D eigenvalue weighted by atomic mass is 28.3. The summed E-state index contributed by atoms with van der Waals surface area (Å²) < 4.78 is 13.0. The van der Waals surface area contributed by atoms with E-state index < -0.39 is 0 Å². The number of ether oxygens (including phenoxy) is 1. The molecule has 3 aromatic rings. The van der Waals surface area contributed by atoms with E-state index in [2.05, 4.69) is 23.2 Å². The highest BCUT2D eigenvalue weighted by Crippen LogP contribution is 2.29. The van der Waals surface area contributed by atoms with Crippen LogP contribution in [0, 0.1) is 0 Å². The van der Waals surface area contributed by atoms with Crippen LogP contribution in [-0.2, 0) is 11.5 Å². The minimum absolute atomic E-state index is 0.260. The molecule has 0 amide bonds. The van der Waals surface area contributed by atoms with Crippen molar-refractivity contribution in [2.75, 3.05) is 12.3 Å². The second-order valence-electron chi connectivity index (χ2n) is 5.48. The third-order valence-corrected chi connectivity index (χ3v) is 4.60. The lowest BCUT2D eigenvalue weighted by Crippen LogP contribution is -2.09. The molecular weight excluding hydrogens is 296 g/mol. The molecule has 0 bridgehead atoms.